The van der Waals surface area contributed by atoms with E-state index in [-0.39, 0.29) is 6.61 Å². The molecule has 1 rings (SSSR count). The number of rotatable bonds is 2. The minimum absolute atomic E-state index is 0.340. The van der Waals surface area contributed by atoms with Crippen molar-refractivity contribution in [3.8, 4) is 0 Å². The summed E-state index contributed by atoms with van der Waals surface area (Å²) in [6.07, 6.45) is 2.34. The molecule has 0 amide bonds. The van der Waals surface area contributed by atoms with Crippen LogP contribution >= 0.6 is 34.8 Å². The Hall–Kier alpha value is -0.710. The summed E-state index contributed by atoms with van der Waals surface area (Å²) < 4.78 is 4.26. The van der Waals surface area contributed by atoms with Crippen LogP contribution in [0.4, 0.5) is 0 Å². The number of hydrogen-bond donors (Lipinski definition) is 0. The Labute approximate surface area is 102 Å². The topological polar surface area (TPSA) is 48.5 Å². The van der Waals surface area contributed by atoms with E-state index in [1.807, 2.05) is 0 Å². The zero-order valence-electron chi connectivity index (χ0n) is 7.44. The summed E-state index contributed by atoms with van der Waals surface area (Å²) in [4.78, 5) is 0. The fourth-order valence-corrected chi connectivity index (χ4v) is 0.887. The van der Waals surface area contributed by atoms with E-state index in [0.717, 1.165) is 0 Å². The van der Waals surface area contributed by atoms with Crippen molar-refractivity contribution < 1.29 is 14.5 Å². The first kappa shape index (κ1) is 12.4. The molecule has 15 heavy (non-hydrogen) atoms. The molecular weight excluding hydrogens is 262 g/mol. The smallest absolute Gasteiger partial charge is 0.222 e. The van der Waals surface area contributed by atoms with Gasteiger partial charge in [-0.1, -0.05) is 45.5 Å². The highest BCUT2D eigenvalue weighted by atomic mass is 35.6. The van der Waals surface area contributed by atoms with Gasteiger partial charge in [-0.25, -0.2) is 0 Å². The third-order valence-electron chi connectivity index (χ3n) is 1.26. The second kappa shape index (κ2) is 5.39. The van der Waals surface area contributed by atoms with E-state index in [4.69, 9.17) is 34.8 Å². The number of aromatic nitrogens is 1. The lowest BCUT2D eigenvalue weighted by Crippen LogP contribution is -2.35. The van der Waals surface area contributed by atoms with E-state index < -0.39 is 9.88 Å². The number of nitrogens with zero attached hydrogens (tertiary/aromatic N) is 2. The van der Waals surface area contributed by atoms with Gasteiger partial charge in [-0.3, -0.25) is 0 Å². The zero-order valence-corrected chi connectivity index (χ0v) is 9.71. The molecule has 1 aromatic heterocycles. The largest absolute Gasteiger partial charge is 0.592 e. The van der Waals surface area contributed by atoms with Crippen LogP contribution in [0, 0.1) is 0 Å². The van der Waals surface area contributed by atoms with Gasteiger partial charge in [0.1, 0.15) is 0 Å². The van der Waals surface area contributed by atoms with Gasteiger partial charge in [-0.15, -0.1) is 0 Å². The third-order valence-corrected chi connectivity index (χ3v) is 1.58. The highest BCUT2D eigenvalue weighted by Crippen LogP contribution is 2.25. The molecule has 0 saturated carbocycles. The Morgan fingerprint density at radius 3 is 2.40 bits per heavy atom. The van der Waals surface area contributed by atoms with Crippen LogP contribution in [0.3, 0.4) is 0 Å². The molecule has 1 aromatic rings. The fourth-order valence-electron chi connectivity index (χ4n) is 0.723. The number of halogens is 3. The molecule has 0 aliphatic heterocycles. The average molecular weight is 270 g/mol. The lowest BCUT2D eigenvalue weighted by atomic mass is 10.5. The summed E-state index contributed by atoms with van der Waals surface area (Å²) in [5, 5.41) is 14.6. The molecule has 0 fully saturated rings. The van der Waals surface area contributed by atoms with Gasteiger partial charge >= 0.3 is 0 Å². The van der Waals surface area contributed by atoms with Gasteiger partial charge in [0.2, 0.25) is 18.5 Å². The minimum atomic E-state index is -1.62. The van der Waals surface area contributed by atoms with Crippen molar-refractivity contribution in [1.82, 2.24) is 0 Å². The highest BCUT2D eigenvalue weighted by Gasteiger charge is 2.17. The number of pyridine rings is 1. The first-order chi connectivity index (χ1) is 6.97. The molecule has 1 heterocycles. The molecule has 0 radical (unpaired) electrons. The summed E-state index contributed by atoms with van der Waals surface area (Å²) in [6, 6.07) is 5.22. The van der Waals surface area contributed by atoms with Crippen LogP contribution in [-0.2, 0) is 4.74 Å². The van der Waals surface area contributed by atoms with Crippen LogP contribution in [0.2, 0.25) is 0 Å². The average Bonchev–Trinajstić information content (AvgIpc) is 2.15. The number of alkyl halides is 3. The van der Waals surface area contributed by atoms with Gasteiger partial charge in [0, 0.05) is 23.8 Å². The Bertz CT molecular complexity index is 337. The van der Waals surface area contributed by atoms with Gasteiger partial charge in [-0.05, 0) is 0 Å². The molecule has 0 unspecified atom stereocenters. The van der Waals surface area contributed by atoms with E-state index in [1.54, 1.807) is 30.6 Å². The van der Waals surface area contributed by atoms with E-state index in [0.29, 0.717) is 0 Å². The van der Waals surface area contributed by atoms with Crippen molar-refractivity contribution in [2.75, 3.05) is 6.61 Å². The summed E-state index contributed by atoms with van der Waals surface area (Å²) in [7, 11) is 0. The Morgan fingerprint density at radius 1 is 1.27 bits per heavy atom. The Balaban J connectivity index is 2.54. The van der Waals surface area contributed by atoms with Crippen LogP contribution in [0.1, 0.15) is 0 Å². The van der Waals surface area contributed by atoms with Crippen LogP contribution in [0.25, 0.3) is 0 Å². The molecular formula is C8H7Cl3N2O2. The third kappa shape index (κ3) is 5.67. The first-order valence-corrected chi connectivity index (χ1v) is 5.02. The van der Waals surface area contributed by atoms with E-state index in [2.05, 4.69) is 9.84 Å². The van der Waals surface area contributed by atoms with Gasteiger partial charge in [-0.2, -0.15) is 0 Å². The molecule has 4 nitrogen and oxygen atoms in total. The SMILES string of the molecule is [O-]/C(=N\[n+]1ccccc1)OCC(Cl)(Cl)Cl. The first-order valence-electron chi connectivity index (χ1n) is 3.89. The van der Waals surface area contributed by atoms with Crippen molar-refractivity contribution in [3.05, 3.63) is 30.6 Å². The normalized spacial score (nSPS) is 12.6. The fraction of sp³-hybridized carbons (Fsp3) is 0.250. The standard InChI is InChI=1S/C8H7Cl3N2O2/c9-8(10,11)6-15-7(14)12-13-4-2-1-3-5-13/h1-5H,6H2. The molecule has 7 heteroatoms. The van der Waals surface area contributed by atoms with Crippen LogP contribution in [-0.4, -0.2) is 16.5 Å². The molecule has 0 saturated heterocycles. The van der Waals surface area contributed by atoms with Crippen molar-refractivity contribution in [3.63, 3.8) is 0 Å². The van der Waals surface area contributed by atoms with Crippen molar-refractivity contribution in [2.45, 2.75) is 3.79 Å². The Kier molecular flexibility index (Phi) is 4.45. The maximum atomic E-state index is 11.1. The van der Waals surface area contributed by atoms with Crippen LogP contribution < -0.4 is 9.78 Å². The molecule has 0 aromatic carbocycles. The Morgan fingerprint density at radius 2 is 1.87 bits per heavy atom. The van der Waals surface area contributed by atoms with Gasteiger partial charge in [0.05, 0.1) is 0 Å². The van der Waals surface area contributed by atoms with E-state index >= 15 is 0 Å². The second-order valence-electron chi connectivity index (χ2n) is 2.53. The quantitative estimate of drug-likeness (QED) is 0.346. The summed E-state index contributed by atoms with van der Waals surface area (Å²) in [6.45, 7) is -0.340. The summed E-state index contributed by atoms with van der Waals surface area (Å²) in [5.41, 5.74) is 0. The molecule has 0 atom stereocenters. The van der Waals surface area contributed by atoms with E-state index in [1.165, 1.54) is 4.68 Å². The second-order valence-corrected chi connectivity index (χ2v) is 5.04. The van der Waals surface area contributed by atoms with Gasteiger partial charge in [0.25, 0.3) is 0 Å². The van der Waals surface area contributed by atoms with E-state index in [9.17, 15) is 5.11 Å². The monoisotopic (exact) mass is 268 g/mol. The molecule has 0 bridgehead atoms. The number of hydrogen-bond acceptors (Lipinski definition) is 3. The highest BCUT2D eigenvalue weighted by molar-refractivity contribution is 6.67. The maximum absolute atomic E-state index is 11.1. The van der Waals surface area contributed by atoms with Crippen molar-refractivity contribution in [1.29, 1.82) is 0 Å². The molecule has 0 aliphatic carbocycles. The molecule has 0 spiro atoms. The molecule has 82 valence electrons. The molecule has 0 aliphatic rings. The zero-order chi connectivity index (χ0) is 11.3. The van der Waals surface area contributed by atoms with Crippen LogP contribution in [0.5, 0.6) is 0 Å². The summed E-state index contributed by atoms with van der Waals surface area (Å²) >= 11 is 16.2. The summed E-state index contributed by atoms with van der Waals surface area (Å²) in [5.74, 6) is 0. The lowest BCUT2D eigenvalue weighted by molar-refractivity contribution is -0.682. The maximum Gasteiger partial charge on any atom is 0.222 e. The van der Waals surface area contributed by atoms with Gasteiger partial charge < -0.3 is 9.84 Å². The van der Waals surface area contributed by atoms with Crippen molar-refractivity contribution in [2.24, 2.45) is 5.10 Å². The predicted molar refractivity (Wildman–Crippen MR) is 55.7 cm³/mol. The lowest BCUT2D eigenvalue weighted by Gasteiger charge is -2.17. The van der Waals surface area contributed by atoms with Crippen molar-refractivity contribution >= 4 is 40.9 Å². The van der Waals surface area contributed by atoms with Crippen LogP contribution in [0.15, 0.2) is 35.7 Å². The number of ether oxygens (including phenoxy) is 1. The minimum Gasteiger partial charge on any atom is -0.592 e. The van der Waals surface area contributed by atoms with Gasteiger partial charge in [0.15, 0.2) is 3.79 Å². The predicted octanol–water partition coefficient (Wildman–Crippen LogP) is 0.840. The molecule has 0 N–H and O–H groups in total.